The summed E-state index contributed by atoms with van der Waals surface area (Å²) in [4.78, 5) is 8.41. The second kappa shape index (κ2) is 10.7. The molecular weight excluding hydrogens is 254 g/mol. The summed E-state index contributed by atoms with van der Waals surface area (Å²) in [6.07, 6.45) is 7.79. The molecule has 1 atom stereocenters. The molecule has 0 saturated carbocycles. The Morgan fingerprint density at radius 1 is 1.25 bits per heavy atom. The predicted molar refractivity (Wildman–Crippen MR) is 79.4 cm³/mol. The number of aryl methyl sites for hydroxylation is 1. The van der Waals surface area contributed by atoms with Crippen LogP contribution in [0.3, 0.4) is 0 Å². The van der Waals surface area contributed by atoms with Crippen molar-refractivity contribution >= 4 is 0 Å². The molecule has 114 valence electrons. The van der Waals surface area contributed by atoms with Crippen molar-refractivity contribution in [1.29, 1.82) is 0 Å². The predicted octanol–water partition coefficient (Wildman–Crippen LogP) is 1.83. The lowest BCUT2D eigenvalue weighted by molar-refractivity contribution is 0.0353. The minimum Gasteiger partial charge on any atom is -0.389 e. The van der Waals surface area contributed by atoms with Crippen LogP contribution >= 0.6 is 0 Å². The molecule has 0 aromatic carbocycles. The number of nitrogens with one attached hydrogen (secondary N) is 1. The molecule has 20 heavy (non-hydrogen) atoms. The van der Waals surface area contributed by atoms with Crippen LogP contribution in [0.5, 0.6) is 0 Å². The number of nitrogens with zero attached hydrogens (tertiary/aromatic N) is 2. The Bertz CT molecular complexity index is 343. The first-order valence-electron chi connectivity index (χ1n) is 7.46. The van der Waals surface area contributed by atoms with Gasteiger partial charge in [-0.05, 0) is 13.3 Å². The number of unbranched alkanes of at least 4 members (excludes halogenated alkanes) is 3. The molecule has 1 rings (SSSR count). The number of hydrogen-bond acceptors (Lipinski definition) is 5. The van der Waals surface area contributed by atoms with Crippen LogP contribution in [0.1, 0.15) is 44.0 Å². The smallest absolute Gasteiger partial charge is 0.0897 e. The van der Waals surface area contributed by atoms with Crippen LogP contribution in [-0.2, 0) is 11.3 Å². The second-order valence-electron chi connectivity index (χ2n) is 5.07. The normalized spacial score (nSPS) is 12.6. The van der Waals surface area contributed by atoms with Gasteiger partial charge in [0.1, 0.15) is 0 Å². The average Bonchev–Trinajstić information content (AvgIpc) is 2.45. The van der Waals surface area contributed by atoms with Gasteiger partial charge in [-0.1, -0.05) is 26.2 Å². The van der Waals surface area contributed by atoms with Crippen molar-refractivity contribution in [2.24, 2.45) is 0 Å². The van der Waals surface area contributed by atoms with Gasteiger partial charge in [0.2, 0.25) is 0 Å². The Balaban J connectivity index is 1.99. The number of rotatable bonds is 11. The highest BCUT2D eigenvalue weighted by molar-refractivity contribution is 5.00. The molecule has 0 aliphatic rings. The summed E-state index contributed by atoms with van der Waals surface area (Å²) in [6.45, 7) is 6.34. The number of ether oxygens (including phenoxy) is 1. The summed E-state index contributed by atoms with van der Waals surface area (Å²) in [6, 6.07) is 0. The summed E-state index contributed by atoms with van der Waals surface area (Å²) in [5, 5.41) is 12.9. The molecule has 1 aromatic rings. The molecule has 1 heterocycles. The van der Waals surface area contributed by atoms with Gasteiger partial charge in [0.25, 0.3) is 0 Å². The van der Waals surface area contributed by atoms with Crippen molar-refractivity contribution in [1.82, 2.24) is 15.3 Å². The molecule has 0 aliphatic heterocycles. The van der Waals surface area contributed by atoms with Gasteiger partial charge in [-0.3, -0.25) is 9.97 Å². The fourth-order valence-electron chi connectivity index (χ4n) is 1.79. The summed E-state index contributed by atoms with van der Waals surface area (Å²) in [5.41, 5.74) is 1.79. The highest BCUT2D eigenvalue weighted by atomic mass is 16.5. The molecule has 1 aromatic heterocycles. The fraction of sp³-hybridized carbons (Fsp3) is 0.733. The maximum Gasteiger partial charge on any atom is 0.0897 e. The lowest BCUT2D eigenvalue weighted by Crippen LogP contribution is -2.30. The molecular formula is C15H27N3O2. The minimum atomic E-state index is -0.473. The zero-order chi connectivity index (χ0) is 14.6. The third-order valence-corrected chi connectivity index (χ3v) is 2.97. The standard InChI is InChI=1S/C15H27N3O2/c1-3-4-5-6-7-20-12-15(19)11-16-9-14-10-17-13(2)8-18-14/h8,10,15-16,19H,3-7,9,11-12H2,1-2H3. The van der Waals surface area contributed by atoms with Crippen LogP contribution in [0.15, 0.2) is 12.4 Å². The molecule has 0 amide bonds. The largest absolute Gasteiger partial charge is 0.389 e. The van der Waals surface area contributed by atoms with E-state index >= 15 is 0 Å². The van der Waals surface area contributed by atoms with Gasteiger partial charge in [-0.25, -0.2) is 0 Å². The summed E-state index contributed by atoms with van der Waals surface area (Å²) < 4.78 is 5.44. The lowest BCUT2D eigenvalue weighted by Gasteiger charge is -2.12. The van der Waals surface area contributed by atoms with Gasteiger partial charge >= 0.3 is 0 Å². The van der Waals surface area contributed by atoms with Crippen molar-refractivity contribution in [3.63, 3.8) is 0 Å². The molecule has 5 nitrogen and oxygen atoms in total. The van der Waals surface area contributed by atoms with E-state index in [-0.39, 0.29) is 0 Å². The Morgan fingerprint density at radius 2 is 2.10 bits per heavy atom. The lowest BCUT2D eigenvalue weighted by atomic mass is 10.2. The zero-order valence-electron chi connectivity index (χ0n) is 12.6. The first-order chi connectivity index (χ1) is 9.72. The zero-order valence-corrected chi connectivity index (χ0v) is 12.6. The number of aromatic nitrogens is 2. The number of hydrogen-bond donors (Lipinski definition) is 2. The van der Waals surface area contributed by atoms with Gasteiger partial charge in [-0.15, -0.1) is 0 Å². The van der Waals surface area contributed by atoms with Crippen molar-refractivity contribution in [2.75, 3.05) is 19.8 Å². The SMILES string of the molecule is CCCCCCOCC(O)CNCc1cnc(C)cn1. The van der Waals surface area contributed by atoms with Crippen LogP contribution in [0, 0.1) is 6.92 Å². The Labute approximate surface area is 121 Å². The molecule has 5 heteroatoms. The fourth-order valence-corrected chi connectivity index (χ4v) is 1.79. The molecule has 0 aliphatic carbocycles. The molecule has 0 saturated heterocycles. The van der Waals surface area contributed by atoms with E-state index in [1.165, 1.54) is 19.3 Å². The van der Waals surface area contributed by atoms with Crippen LogP contribution < -0.4 is 5.32 Å². The van der Waals surface area contributed by atoms with Crippen LogP contribution in [-0.4, -0.2) is 40.9 Å². The van der Waals surface area contributed by atoms with Crippen LogP contribution in [0.2, 0.25) is 0 Å². The molecule has 0 bridgehead atoms. The van der Waals surface area contributed by atoms with E-state index in [9.17, 15) is 5.11 Å². The summed E-state index contributed by atoms with van der Waals surface area (Å²) >= 11 is 0. The van der Waals surface area contributed by atoms with E-state index < -0.39 is 6.10 Å². The Morgan fingerprint density at radius 3 is 2.80 bits per heavy atom. The monoisotopic (exact) mass is 281 g/mol. The second-order valence-corrected chi connectivity index (χ2v) is 5.07. The van der Waals surface area contributed by atoms with Crippen LogP contribution in [0.4, 0.5) is 0 Å². The van der Waals surface area contributed by atoms with E-state index in [0.29, 0.717) is 19.7 Å². The summed E-state index contributed by atoms with van der Waals surface area (Å²) in [7, 11) is 0. The van der Waals surface area contributed by atoms with Gasteiger partial charge < -0.3 is 15.2 Å². The van der Waals surface area contributed by atoms with Gasteiger partial charge in [0.15, 0.2) is 0 Å². The maximum atomic E-state index is 9.75. The van der Waals surface area contributed by atoms with Crippen molar-refractivity contribution in [3.8, 4) is 0 Å². The van der Waals surface area contributed by atoms with Gasteiger partial charge in [0.05, 0.1) is 24.1 Å². The molecule has 1 unspecified atom stereocenters. The quantitative estimate of drug-likeness (QED) is 0.606. The number of aliphatic hydroxyl groups is 1. The molecule has 0 radical (unpaired) electrons. The van der Waals surface area contributed by atoms with E-state index in [1.54, 1.807) is 12.4 Å². The third kappa shape index (κ3) is 8.19. The molecule has 2 N–H and O–H groups in total. The highest BCUT2D eigenvalue weighted by Crippen LogP contribution is 1.99. The Hall–Kier alpha value is -1.04. The van der Waals surface area contributed by atoms with Crippen molar-refractivity contribution in [2.45, 2.75) is 52.2 Å². The first-order valence-corrected chi connectivity index (χ1v) is 7.46. The molecule has 0 fully saturated rings. The topological polar surface area (TPSA) is 67.3 Å². The van der Waals surface area contributed by atoms with E-state index in [2.05, 4.69) is 22.2 Å². The minimum absolute atomic E-state index is 0.388. The Kier molecular flexibility index (Phi) is 9.11. The maximum absolute atomic E-state index is 9.75. The molecule has 0 spiro atoms. The van der Waals surface area contributed by atoms with Crippen molar-refractivity contribution in [3.05, 3.63) is 23.8 Å². The van der Waals surface area contributed by atoms with Crippen LogP contribution in [0.25, 0.3) is 0 Å². The van der Waals surface area contributed by atoms with E-state index in [1.807, 2.05) is 6.92 Å². The number of aliphatic hydroxyl groups excluding tert-OH is 1. The highest BCUT2D eigenvalue weighted by Gasteiger charge is 2.04. The third-order valence-electron chi connectivity index (χ3n) is 2.97. The van der Waals surface area contributed by atoms with Gasteiger partial charge in [0, 0.05) is 32.1 Å². The summed E-state index contributed by atoms with van der Waals surface area (Å²) in [5.74, 6) is 0. The first kappa shape index (κ1) is 17.0. The van der Waals surface area contributed by atoms with Crippen molar-refractivity contribution < 1.29 is 9.84 Å². The van der Waals surface area contributed by atoms with E-state index in [4.69, 9.17) is 4.74 Å². The van der Waals surface area contributed by atoms with E-state index in [0.717, 1.165) is 24.4 Å². The average molecular weight is 281 g/mol. The van der Waals surface area contributed by atoms with Gasteiger partial charge in [-0.2, -0.15) is 0 Å².